The number of nitrogens with two attached hydrogens (primary N) is 1. The minimum absolute atomic E-state index is 0.0530. The van der Waals surface area contributed by atoms with Crippen LogP contribution in [0.3, 0.4) is 0 Å². The summed E-state index contributed by atoms with van der Waals surface area (Å²) in [6.45, 7) is 1.16. The van der Waals surface area contributed by atoms with Gasteiger partial charge in [0, 0.05) is 0 Å². The molecule has 3 N–H and O–H groups in total. The van der Waals surface area contributed by atoms with Crippen LogP contribution in [0.15, 0.2) is 24.3 Å². The van der Waals surface area contributed by atoms with Gasteiger partial charge in [0.2, 0.25) is 0 Å². The van der Waals surface area contributed by atoms with E-state index in [1.54, 1.807) is 0 Å². The minimum atomic E-state index is 0.0530. The van der Waals surface area contributed by atoms with E-state index in [4.69, 9.17) is 15.6 Å². The fraction of sp³-hybridized carbons (Fsp3) is 0.500. The second-order valence-electron chi connectivity index (χ2n) is 3.47. The second-order valence-corrected chi connectivity index (χ2v) is 3.47. The fourth-order valence-electron chi connectivity index (χ4n) is 1.43. The number of rotatable bonds is 7. The van der Waals surface area contributed by atoms with Crippen molar-refractivity contribution < 1.29 is 9.84 Å². The van der Waals surface area contributed by atoms with Crippen LogP contribution in [0.1, 0.15) is 18.4 Å². The Kier molecular flexibility index (Phi) is 5.81. The van der Waals surface area contributed by atoms with Crippen LogP contribution in [0.5, 0.6) is 5.75 Å². The first kappa shape index (κ1) is 12.0. The molecule has 3 nitrogen and oxygen atoms in total. The van der Waals surface area contributed by atoms with Crippen LogP contribution in [-0.2, 0) is 6.42 Å². The van der Waals surface area contributed by atoms with E-state index in [2.05, 4.69) is 6.07 Å². The molecule has 0 bridgehead atoms. The van der Waals surface area contributed by atoms with Gasteiger partial charge in [-0.05, 0) is 43.5 Å². The van der Waals surface area contributed by atoms with Crippen LogP contribution >= 0.6 is 0 Å². The van der Waals surface area contributed by atoms with E-state index < -0.39 is 0 Å². The van der Waals surface area contributed by atoms with E-state index in [9.17, 15) is 0 Å². The maximum absolute atomic E-state index is 8.63. The van der Waals surface area contributed by atoms with Gasteiger partial charge < -0.3 is 15.6 Å². The lowest BCUT2D eigenvalue weighted by Crippen LogP contribution is -2.02. The molecule has 0 aliphatic carbocycles. The van der Waals surface area contributed by atoms with Gasteiger partial charge in [0.15, 0.2) is 0 Å². The molecule has 0 radical (unpaired) electrons. The Morgan fingerprint density at radius 3 is 2.87 bits per heavy atom. The number of hydrogen-bond acceptors (Lipinski definition) is 3. The number of ether oxygens (including phenoxy) is 1. The average Bonchev–Trinajstić information content (AvgIpc) is 2.27. The highest BCUT2D eigenvalue weighted by atomic mass is 16.5. The Balaban J connectivity index is 2.42. The Bertz CT molecular complexity index is 276. The molecule has 0 atom stereocenters. The van der Waals surface area contributed by atoms with Crippen molar-refractivity contribution in [2.75, 3.05) is 19.8 Å². The van der Waals surface area contributed by atoms with Crippen LogP contribution in [-0.4, -0.2) is 24.9 Å². The SMILES string of the molecule is NCCCCc1cccc(OCCO)c1. The van der Waals surface area contributed by atoms with Gasteiger partial charge in [-0.2, -0.15) is 0 Å². The van der Waals surface area contributed by atoms with Crippen molar-refractivity contribution in [1.29, 1.82) is 0 Å². The summed E-state index contributed by atoms with van der Waals surface area (Å²) in [5, 5.41) is 8.63. The van der Waals surface area contributed by atoms with Gasteiger partial charge in [0.05, 0.1) is 6.61 Å². The molecular weight excluding hydrogens is 190 g/mol. The molecule has 84 valence electrons. The molecule has 0 saturated heterocycles. The zero-order chi connectivity index (χ0) is 10.9. The highest BCUT2D eigenvalue weighted by Gasteiger charge is 1.96. The molecule has 0 spiro atoms. The lowest BCUT2D eigenvalue weighted by molar-refractivity contribution is 0.201. The first-order valence-corrected chi connectivity index (χ1v) is 5.39. The van der Waals surface area contributed by atoms with Crippen LogP contribution in [0.2, 0.25) is 0 Å². The van der Waals surface area contributed by atoms with Gasteiger partial charge in [0.25, 0.3) is 0 Å². The van der Waals surface area contributed by atoms with Gasteiger partial charge in [-0.3, -0.25) is 0 Å². The van der Waals surface area contributed by atoms with Gasteiger partial charge in [0.1, 0.15) is 12.4 Å². The number of hydrogen-bond donors (Lipinski definition) is 2. The topological polar surface area (TPSA) is 55.5 Å². The van der Waals surface area contributed by atoms with E-state index in [0.717, 1.165) is 31.6 Å². The number of benzene rings is 1. The molecular formula is C12H19NO2. The smallest absolute Gasteiger partial charge is 0.119 e. The molecule has 0 aliphatic heterocycles. The molecule has 3 heteroatoms. The molecule has 0 amide bonds. The van der Waals surface area contributed by atoms with Gasteiger partial charge in [-0.25, -0.2) is 0 Å². The van der Waals surface area contributed by atoms with Gasteiger partial charge in [-0.1, -0.05) is 12.1 Å². The predicted octanol–water partition coefficient (Wildman–Crippen LogP) is 1.34. The summed E-state index contributed by atoms with van der Waals surface area (Å²) in [7, 11) is 0. The fourth-order valence-corrected chi connectivity index (χ4v) is 1.43. The third-order valence-corrected chi connectivity index (χ3v) is 2.18. The molecule has 15 heavy (non-hydrogen) atoms. The first-order valence-electron chi connectivity index (χ1n) is 5.39. The molecule has 1 aromatic rings. The van der Waals surface area contributed by atoms with Crippen molar-refractivity contribution in [2.45, 2.75) is 19.3 Å². The number of unbranched alkanes of at least 4 members (excludes halogenated alkanes) is 1. The van der Waals surface area contributed by atoms with Crippen LogP contribution in [0.25, 0.3) is 0 Å². The zero-order valence-corrected chi connectivity index (χ0v) is 8.98. The third-order valence-electron chi connectivity index (χ3n) is 2.18. The van der Waals surface area contributed by atoms with E-state index in [-0.39, 0.29) is 6.61 Å². The lowest BCUT2D eigenvalue weighted by Gasteiger charge is -2.06. The third kappa shape index (κ3) is 4.81. The standard InChI is InChI=1S/C12H19NO2/c13-7-2-1-4-11-5-3-6-12(10-11)15-9-8-14/h3,5-6,10,14H,1-2,4,7-9,13H2. The Hall–Kier alpha value is -1.06. The number of aryl methyl sites for hydroxylation is 1. The minimum Gasteiger partial charge on any atom is -0.491 e. The van der Waals surface area contributed by atoms with Gasteiger partial charge in [-0.15, -0.1) is 0 Å². The second kappa shape index (κ2) is 7.26. The summed E-state index contributed by atoms with van der Waals surface area (Å²) < 4.78 is 5.33. The molecule has 1 rings (SSSR count). The Morgan fingerprint density at radius 1 is 1.27 bits per heavy atom. The van der Waals surface area contributed by atoms with Crippen molar-refractivity contribution in [3.05, 3.63) is 29.8 Å². The molecule has 1 aromatic carbocycles. The monoisotopic (exact) mass is 209 g/mol. The van der Waals surface area contributed by atoms with Crippen molar-refractivity contribution in [1.82, 2.24) is 0 Å². The molecule has 0 unspecified atom stereocenters. The van der Waals surface area contributed by atoms with Crippen molar-refractivity contribution in [3.8, 4) is 5.75 Å². The summed E-state index contributed by atoms with van der Waals surface area (Å²) >= 11 is 0. The van der Waals surface area contributed by atoms with Crippen LogP contribution in [0, 0.1) is 0 Å². The van der Waals surface area contributed by atoms with E-state index in [1.807, 2.05) is 18.2 Å². The predicted molar refractivity (Wildman–Crippen MR) is 61.0 cm³/mol. The highest BCUT2D eigenvalue weighted by molar-refractivity contribution is 5.28. The first-order chi connectivity index (χ1) is 7.36. The number of aliphatic hydroxyl groups is 1. The molecule has 0 heterocycles. The Labute approximate surface area is 90.9 Å². The van der Waals surface area contributed by atoms with Crippen molar-refractivity contribution >= 4 is 0 Å². The Morgan fingerprint density at radius 2 is 2.13 bits per heavy atom. The zero-order valence-electron chi connectivity index (χ0n) is 8.98. The molecule has 0 aromatic heterocycles. The maximum Gasteiger partial charge on any atom is 0.119 e. The largest absolute Gasteiger partial charge is 0.491 e. The molecule has 0 aliphatic rings. The van der Waals surface area contributed by atoms with Crippen LogP contribution < -0.4 is 10.5 Å². The van der Waals surface area contributed by atoms with E-state index in [1.165, 1.54) is 5.56 Å². The van der Waals surface area contributed by atoms with Crippen molar-refractivity contribution in [3.63, 3.8) is 0 Å². The lowest BCUT2D eigenvalue weighted by atomic mass is 10.1. The summed E-state index contributed by atoms with van der Waals surface area (Å²) in [4.78, 5) is 0. The van der Waals surface area contributed by atoms with Crippen molar-refractivity contribution in [2.24, 2.45) is 5.73 Å². The summed E-state index contributed by atoms with van der Waals surface area (Å²) in [6.07, 6.45) is 3.20. The summed E-state index contributed by atoms with van der Waals surface area (Å²) in [5.41, 5.74) is 6.70. The normalized spacial score (nSPS) is 10.3. The van der Waals surface area contributed by atoms with Gasteiger partial charge >= 0.3 is 0 Å². The van der Waals surface area contributed by atoms with E-state index >= 15 is 0 Å². The molecule has 0 fully saturated rings. The summed E-state index contributed by atoms with van der Waals surface area (Å²) in [6, 6.07) is 7.99. The highest BCUT2D eigenvalue weighted by Crippen LogP contribution is 2.14. The average molecular weight is 209 g/mol. The molecule has 0 saturated carbocycles. The number of aliphatic hydroxyl groups excluding tert-OH is 1. The summed E-state index contributed by atoms with van der Waals surface area (Å²) in [5.74, 6) is 0.828. The van der Waals surface area contributed by atoms with Crippen LogP contribution in [0.4, 0.5) is 0 Å². The van der Waals surface area contributed by atoms with E-state index in [0.29, 0.717) is 6.61 Å². The quantitative estimate of drug-likeness (QED) is 0.666. The maximum atomic E-state index is 8.63.